The van der Waals surface area contributed by atoms with E-state index in [1.807, 2.05) is 0 Å². The van der Waals surface area contributed by atoms with Crippen LogP contribution in [0.1, 0.15) is 76.7 Å². The Balaban J connectivity index is 0.00000400. The first-order valence-electron chi connectivity index (χ1n) is 8.55. The van der Waals surface area contributed by atoms with Crippen molar-refractivity contribution in [3.05, 3.63) is 35.9 Å². The Morgan fingerprint density at radius 1 is 0.714 bits per heavy atom. The van der Waals surface area contributed by atoms with E-state index in [-0.39, 0.29) is 29.6 Å². The molecule has 1 rings (SSSR count). The summed E-state index contributed by atoms with van der Waals surface area (Å²) in [6.07, 6.45) is 14.3. The van der Waals surface area contributed by atoms with Crippen molar-refractivity contribution >= 4 is 41.3 Å². The fourth-order valence-electron chi connectivity index (χ4n) is 2.46. The van der Waals surface area contributed by atoms with E-state index in [1.165, 1.54) is 81.3 Å². The van der Waals surface area contributed by atoms with Gasteiger partial charge in [-0.05, 0) is 17.7 Å². The zero-order valence-corrected chi connectivity index (χ0v) is 14.1. The van der Waals surface area contributed by atoms with Crippen LogP contribution in [0.4, 0.5) is 0 Å². The predicted octanol–water partition coefficient (Wildman–Crippen LogP) is 6.19. The number of thioether (sulfide) groups is 1. The van der Waals surface area contributed by atoms with Gasteiger partial charge in [-0.15, -0.1) is 0 Å². The fourth-order valence-corrected chi connectivity index (χ4v) is 3.44. The molecule has 0 amide bonds. The summed E-state index contributed by atoms with van der Waals surface area (Å²) in [5.74, 6) is 2.50. The van der Waals surface area contributed by atoms with Gasteiger partial charge < -0.3 is 0 Å². The van der Waals surface area contributed by atoms with Crippen molar-refractivity contribution in [3.63, 3.8) is 0 Å². The van der Waals surface area contributed by atoms with Gasteiger partial charge in [0.15, 0.2) is 0 Å². The second kappa shape index (κ2) is 16.9. The van der Waals surface area contributed by atoms with Crippen LogP contribution >= 0.6 is 11.8 Å². The fraction of sp³-hybridized carbons (Fsp3) is 0.684. The minimum absolute atomic E-state index is 0. The van der Waals surface area contributed by atoms with Gasteiger partial charge in [-0.2, -0.15) is 11.8 Å². The van der Waals surface area contributed by atoms with E-state index in [4.69, 9.17) is 0 Å². The first kappa shape index (κ1) is 21.6. The van der Waals surface area contributed by atoms with Crippen LogP contribution in [0.2, 0.25) is 0 Å². The second-order valence-corrected chi connectivity index (χ2v) is 6.83. The first-order chi connectivity index (χ1) is 9.93. The van der Waals surface area contributed by atoms with E-state index < -0.39 is 0 Å². The van der Waals surface area contributed by atoms with Crippen LogP contribution in [0, 0.1) is 0 Å². The molecular formula is C19H33NaS. The van der Waals surface area contributed by atoms with Gasteiger partial charge in [-0.1, -0.05) is 95.0 Å². The molecule has 0 saturated heterocycles. The Labute approximate surface area is 159 Å². The van der Waals surface area contributed by atoms with Gasteiger partial charge in [0.1, 0.15) is 0 Å². The van der Waals surface area contributed by atoms with Crippen molar-refractivity contribution in [1.82, 2.24) is 0 Å². The molecule has 116 valence electrons. The number of hydrogen-bond donors (Lipinski definition) is 0. The topological polar surface area (TPSA) is 0 Å². The number of hydrogen-bond acceptors (Lipinski definition) is 1. The van der Waals surface area contributed by atoms with Crippen LogP contribution in [-0.2, 0) is 5.75 Å². The molecule has 2 heteroatoms. The normalized spacial score (nSPS) is 10.3. The standard InChI is InChI=1S/C19H32S.Na.H/c1-2-3-4-5-6-7-8-9-10-14-17-20-18-19-15-12-11-13-16-19;;/h11-13,15-16H,2-10,14,17-18H2,1H3;;. The monoisotopic (exact) mass is 316 g/mol. The minimum atomic E-state index is 0. The first-order valence-corrected chi connectivity index (χ1v) is 9.70. The van der Waals surface area contributed by atoms with Crippen LogP contribution in [0.25, 0.3) is 0 Å². The Bertz CT molecular complexity index is 300. The molecule has 0 N–H and O–H groups in total. The van der Waals surface area contributed by atoms with Gasteiger partial charge in [0, 0.05) is 5.75 Å². The Kier molecular flexibility index (Phi) is 17.4. The Morgan fingerprint density at radius 2 is 1.24 bits per heavy atom. The zero-order valence-electron chi connectivity index (χ0n) is 13.3. The molecule has 0 spiro atoms. The molecule has 0 aromatic heterocycles. The number of unbranched alkanes of at least 4 members (excludes halogenated alkanes) is 9. The summed E-state index contributed by atoms with van der Waals surface area (Å²) in [7, 11) is 0. The van der Waals surface area contributed by atoms with Crippen molar-refractivity contribution in [2.24, 2.45) is 0 Å². The van der Waals surface area contributed by atoms with E-state index >= 15 is 0 Å². The molecule has 21 heavy (non-hydrogen) atoms. The number of rotatable bonds is 13. The maximum atomic E-state index is 2.29. The van der Waals surface area contributed by atoms with Crippen LogP contribution in [0.3, 0.4) is 0 Å². The van der Waals surface area contributed by atoms with Crippen LogP contribution < -0.4 is 0 Å². The Morgan fingerprint density at radius 3 is 1.81 bits per heavy atom. The molecule has 0 atom stereocenters. The van der Waals surface area contributed by atoms with E-state index in [0.717, 1.165) is 0 Å². The van der Waals surface area contributed by atoms with Crippen LogP contribution in [-0.4, -0.2) is 35.3 Å². The predicted molar refractivity (Wildman–Crippen MR) is 102 cm³/mol. The molecule has 0 heterocycles. The van der Waals surface area contributed by atoms with Gasteiger partial charge in [0.2, 0.25) is 0 Å². The van der Waals surface area contributed by atoms with Gasteiger partial charge in [0.25, 0.3) is 0 Å². The molecule has 0 radical (unpaired) electrons. The van der Waals surface area contributed by atoms with Crippen LogP contribution in [0.15, 0.2) is 30.3 Å². The Hall–Kier alpha value is 0.570. The molecular weight excluding hydrogens is 283 g/mol. The van der Waals surface area contributed by atoms with Crippen molar-refractivity contribution in [1.29, 1.82) is 0 Å². The summed E-state index contributed by atoms with van der Waals surface area (Å²) in [4.78, 5) is 0. The molecule has 0 unspecified atom stereocenters. The third-order valence-corrected chi connectivity index (χ3v) is 4.87. The van der Waals surface area contributed by atoms with Crippen molar-refractivity contribution in [3.8, 4) is 0 Å². The van der Waals surface area contributed by atoms with Crippen molar-refractivity contribution in [2.45, 2.75) is 76.9 Å². The molecule has 0 fully saturated rings. The van der Waals surface area contributed by atoms with Gasteiger partial charge in [-0.3, -0.25) is 0 Å². The molecule has 1 aromatic rings. The molecule has 0 bridgehead atoms. The summed E-state index contributed by atoms with van der Waals surface area (Å²) in [5.41, 5.74) is 1.46. The third-order valence-electron chi connectivity index (χ3n) is 3.75. The SMILES string of the molecule is CCCCCCCCCCCCSCc1ccccc1.[NaH]. The van der Waals surface area contributed by atoms with Gasteiger partial charge in [-0.25, -0.2) is 0 Å². The van der Waals surface area contributed by atoms with E-state index in [2.05, 4.69) is 49.0 Å². The average Bonchev–Trinajstić information content (AvgIpc) is 2.49. The summed E-state index contributed by atoms with van der Waals surface area (Å²) in [5, 5.41) is 0. The summed E-state index contributed by atoms with van der Waals surface area (Å²) >= 11 is 2.08. The molecule has 0 nitrogen and oxygen atoms in total. The van der Waals surface area contributed by atoms with Crippen molar-refractivity contribution < 1.29 is 0 Å². The maximum absolute atomic E-state index is 2.29. The van der Waals surface area contributed by atoms with Gasteiger partial charge >= 0.3 is 29.6 Å². The molecule has 1 aromatic carbocycles. The molecule has 0 saturated carbocycles. The summed E-state index contributed by atoms with van der Waals surface area (Å²) in [6, 6.07) is 10.8. The average molecular weight is 317 g/mol. The van der Waals surface area contributed by atoms with Crippen LogP contribution in [0.5, 0.6) is 0 Å². The number of benzene rings is 1. The molecule has 0 aliphatic heterocycles. The quantitative estimate of drug-likeness (QED) is 0.309. The van der Waals surface area contributed by atoms with Crippen molar-refractivity contribution in [2.75, 3.05) is 5.75 Å². The summed E-state index contributed by atoms with van der Waals surface area (Å²) in [6.45, 7) is 2.29. The zero-order chi connectivity index (χ0) is 14.3. The second-order valence-electron chi connectivity index (χ2n) is 5.72. The van der Waals surface area contributed by atoms with E-state index in [9.17, 15) is 0 Å². The summed E-state index contributed by atoms with van der Waals surface area (Å²) < 4.78 is 0. The van der Waals surface area contributed by atoms with Gasteiger partial charge in [0.05, 0.1) is 0 Å². The third kappa shape index (κ3) is 13.9. The molecule has 0 aliphatic rings. The molecule has 0 aliphatic carbocycles. The van der Waals surface area contributed by atoms with E-state index in [0.29, 0.717) is 0 Å². The van der Waals surface area contributed by atoms with E-state index in [1.54, 1.807) is 0 Å².